The summed E-state index contributed by atoms with van der Waals surface area (Å²) in [5, 5.41) is 0. The second-order valence-corrected chi connectivity index (χ2v) is 19.4. The summed E-state index contributed by atoms with van der Waals surface area (Å²) in [6.45, 7) is 12.6. The molecule has 0 saturated heterocycles. The molecule has 8 aromatic rings. The molecule has 0 unspecified atom stereocenters. The van der Waals surface area contributed by atoms with Crippen molar-refractivity contribution in [2.24, 2.45) is 0 Å². The normalized spacial score (nSPS) is 10.8. The standard InChI is InChI=1S/C42H36O10.C27H26O6/c1-25(43)48-36-21-10-6-15-30(36)40(31-16-7-11-22-37(31)49-26(2)44)34-19-14-20-35(42(34)52-29(5)47)41(32-17-8-12-23-38(32)50-27(3)45)33-18-9-13-24-39(33)51-28(4)46;1-5-27(21-6-12-24(13-7-21)31-18(2)28,22-8-14-25(15-9-22)32-19(3)29)23-10-16-26(17-11-23)33-20(4)30/h6-24,40-41H,1-5H3;6-17H,5H2,1-4H3. The maximum absolute atomic E-state index is 13.1. The molecule has 0 atom stereocenters. The van der Waals surface area contributed by atoms with Gasteiger partial charge in [0.1, 0.15) is 46.0 Å². The molecule has 0 saturated carbocycles. The summed E-state index contributed by atoms with van der Waals surface area (Å²) in [5.74, 6) is -3.29. The number of ether oxygens (including phenoxy) is 8. The van der Waals surface area contributed by atoms with Crippen LogP contribution in [0.25, 0.3) is 0 Å². The van der Waals surface area contributed by atoms with E-state index < -0.39 is 47.1 Å². The number of hydrogen-bond donors (Lipinski definition) is 0. The van der Waals surface area contributed by atoms with Gasteiger partial charge in [-0.15, -0.1) is 0 Å². The van der Waals surface area contributed by atoms with E-state index in [2.05, 4.69) is 6.92 Å². The second kappa shape index (κ2) is 28.5. The van der Waals surface area contributed by atoms with E-state index in [1.807, 2.05) is 36.4 Å². The largest absolute Gasteiger partial charge is 0.427 e. The van der Waals surface area contributed by atoms with Crippen molar-refractivity contribution in [1.29, 1.82) is 0 Å². The second-order valence-electron chi connectivity index (χ2n) is 19.4. The fourth-order valence-electron chi connectivity index (χ4n) is 10.2. The van der Waals surface area contributed by atoms with E-state index in [4.69, 9.17) is 37.9 Å². The SMILES string of the molecule is CC(=O)Oc1ccccc1C(c1ccccc1OC(C)=O)c1cccc(C(c2ccccc2OC(C)=O)c2ccccc2OC(C)=O)c1OC(C)=O.CCC(c1ccc(OC(C)=O)cc1)(c1ccc(OC(C)=O)cc1)c1ccc(OC(C)=O)cc1. The average Bonchev–Trinajstić information content (AvgIpc) is 0.954. The van der Waals surface area contributed by atoms with Gasteiger partial charge < -0.3 is 37.9 Å². The first-order valence-electron chi connectivity index (χ1n) is 27.0. The molecule has 16 heteroatoms. The lowest BCUT2D eigenvalue weighted by Crippen LogP contribution is -2.28. The highest BCUT2D eigenvalue weighted by Crippen LogP contribution is 2.51. The minimum atomic E-state index is -0.853. The van der Waals surface area contributed by atoms with Gasteiger partial charge in [0.05, 0.1) is 0 Å². The molecule has 0 fully saturated rings. The highest BCUT2D eigenvalue weighted by atomic mass is 16.6. The van der Waals surface area contributed by atoms with Gasteiger partial charge in [-0.2, -0.15) is 0 Å². The van der Waals surface area contributed by atoms with Gasteiger partial charge in [0, 0.05) is 106 Å². The van der Waals surface area contributed by atoms with E-state index >= 15 is 0 Å². The van der Waals surface area contributed by atoms with E-state index in [1.54, 1.807) is 152 Å². The molecular weight excluding hydrogens is 1080 g/mol. The fraction of sp³-hybridized carbons (Fsp3) is 0.188. The van der Waals surface area contributed by atoms with Crippen molar-refractivity contribution in [3.63, 3.8) is 0 Å². The molecule has 0 radical (unpaired) electrons. The molecule has 8 aromatic carbocycles. The maximum Gasteiger partial charge on any atom is 0.308 e. The first kappa shape index (κ1) is 62.1. The first-order valence-corrected chi connectivity index (χ1v) is 27.0. The van der Waals surface area contributed by atoms with Crippen LogP contribution in [0.2, 0.25) is 0 Å². The van der Waals surface area contributed by atoms with Crippen LogP contribution in [0.1, 0.15) is 131 Å². The van der Waals surface area contributed by atoms with E-state index in [1.165, 1.54) is 55.4 Å². The van der Waals surface area contributed by atoms with Crippen LogP contribution in [0.15, 0.2) is 188 Å². The molecule has 0 bridgehead atoms. The number of esters is 8. The van der Waals surface area contributed by atoms with Crippen LogP contribution in [0.4, 0.5) is 0 Å². The first-order chi connectivity index (χ1) is 40.7. The van der Waals surface area contributed by atoms with Crippen molar-refractivity contribution in [3.05, 3.63) is 238 Å². The summed E-state index contributed by atoms with van der Waals surface area (Å²) in [4.78, 5) is 96.3. The number of carbonyl (C=O) groups excluding carboxylic acids is 8. The molecule has 0 heterocycles. The van der Waals surface area contributed by atoms with Crippen molar-refractivity contribution in [1.82, 2.24) is 0 Å². The van der Waals surface area contributed by atoms with Gasteiger partial charge in [0.15, 0.2) is 0 Å². The highest BCUT2D eigenvalue weighted by Gasteiger charge is 2.36. The summed E-state index contributed by atoms with van der Waals surface area (Å²) in [7, 11) is 0. The Hall–Kier alpha value is -10.5. The third-order valence-corrected chi connectivity index (χ3v) is 13.2. The van der Waals surface area contributed by atoms with Gasteiger partial charge in [-0.25, -0.2) is 0 Å². The fourth-order valence-corrected chi connectivity index (χ4v) is 10.2. The quantitative estimate of drug-likeness (QED) is 0.0444. The van der Waals surface area contributed by atoms with Crippen LogP contribution < -0.4 is 37.9 Å². The lowest BCUT2D eigenvalue weighted by Gasteiger charge is -2.35. The van der Waals surface area contributed by atoms with Crippen LogP contribution in [-0.2, 0) is 43.8 Å². The predicted octanol–water partition coefficient (Wildman–Crippen LogP) is 12.9. The summed E-state index contributed by atoms with van der Waals surface area (Å²) < 4.78 is 44.5. The van der Waals surface area contributed by atoms with Crippen LogP contribution in [0.3, 0.4) is 0 Å². The van der Waals surface area contributed by atoms with Gasteiger partial charge in [-0.1, -0.05) is 134 Å². The molecule has 0 amide bonds. The minimum absolute atomic E-state index is 0.121. The van der Waals surface area contributed by atoms with E-state index in [0.717, 1.165) is 16.7 Å². The number of para-hydroxylation sites is 5. The Labute approximate surface area is 492 Å². The number of benzene rings is 8. The lowest BCUT2D eigenvalue weighted by atomic mass is 9.67. The van der Waals surface area contributed by atoms with Gasteiger partial charge in [-0.3, -0.25) is 38.4 Å². The summed E-state index contributed by atoms with van der Waals surface area (Å²) in [5.41, 5.74) is 5.28. The molecule has 0 aliphatic rings. The Bertz CT molecular complexity index is 3350. The topological polar surface area (TPSA) is 210 Å². The zero-order valence-electron chi connectivity index (χ0n) is 48.3. The van der Waals surface area contributed by atoms with Crippen LogP contribution >= 0.6 is 0 Å². The molecule has 16 nitrogen and oxygen atoms in total. The number of carbonyl (C=O) groups is 8. The van der Waals surface area contributed by atoms with E-state index in [9.17, 15) is 38.4 Å². The number of rotatable bonds is 18. The molecule has 0 N–H and O–H groups in total. The lowest BCUT2D eigenvalue weighted by molar-refractivity contribution is -0.133. The molecular formula is C69H62O16. The van der Waals surface area contributed by atoms with Crippen molar-refractivity contribution in [2.45, 2.75) is 86.0 Å². The molecule has 0 spiro atoms. The molecule has 85 heavy (non-hydrogen) atoms. The molecule has 0 aliphatic carbocycles. The third kappa shape index (κ3) is 15.8. The summed E-state index contributed by atoms with van der Waals surface area (Å²) in [6.07, 6.45) is 0.708. The van der Waals surface area contributed by atoms with Crippen molar-refractivity contribution in [2.75, 3.05) is 0 Å². The van der Waals surface area contributed by atoms with Crippen molar-refractivity contribution in [3.8, 4) is 46.0 Å². The Morgan fingerprint density at radius 3 is 0.729 bits per heavy atom. The maximum atomic E-state index is 13.1. The summed E-state index contributed by atoms with van der Waals surface area (Å²) in [6, 6.07) is 55.0. The van der Waals surface area contributed by atoms with E-state index in [0.29, 0.717) is 57.1 Å². The van der Waals surface area contributed by atoms with Gasteiger partial charge in [-0.05, 0) is 83.8 Å². The van der Waals surface area contributed by atoms with Crippen LogP contribution in [-0.4, -0.2) is 47.8 Å². The number of hydrogen-bond acceptors (Lipinski definition) is 16. The van der Waals surface area contributed by atoms with Crippen LogP contribution in [0, 0.1) is 0 Å². The Balaban J connectivity index is 0.000000270. The van der Waals surface area contributed by atoms with Crippen molar-refractivity contribution >= 4 is 47.8 Å². The third-order valence-electron chi connectivity index (χ3n) is 13.2. The van der Waals surface area contributed by atoms with Crippen molar-refractivity contribution < 1.29 is 76.3 Å². The van der Waals surface area contributed by atoms with Gasteiger partial charge >= 0.3 is 47.8 Å². The Morgan fingerprint density at radius 2 is 0.506 bits per heavy atom. The zero-order valence-corrected chi connectivity index (χ0v) is 48.3. The van der Waals surface area contributed by atoms with Crippen LogP contribution in [0.5, 0.6) is 46.0 Å². The Morgan fingerprint density at radius 1 is 0.282 bits per heavy atom. The predicted molar refractivity (Wildman–Crippen MR) is 314 cm³/mol. The minimum Gasteiger partial charge on any atom is -0.427 e. The smallest absolute Gasteiger partial charge is 0.308 e. The van der Waals surface area contributed by atoms with Gasteiger partial charge in [0.2, 0.25) is 0 Å². The monoisotopic (exact) mass is 1150 g/mol. The zero-order chi connectivity index (χ0) is 61.4. The summed E-state index contributed by atoms with van der Waals surface area (Å²) >= 11 is 0. The molecule has 0 aliphatic heterocycles. The molecule has 0 aromatic heterocycles. The average molecular weight is 1150 g/mol. The Kier molecular flexibility index (Phi) is 20.8. The van der Waals surface area contributed by atoms with Gasteiger partial charge in [0.25, 0.3) is 0 Å². The molecule has 8 rings (SSSR count). The molecule has 434 valence electrons. The van der Waals surface area contributed by atoms with E-state index in [-0.39, 0.29) is 46.7 Å². The highest BCUT2D eigenvalue weighted by molar-refractivity contribution is 5.77.